The number of halogens is 1. The van der Waals surface area contributed by atoms with Gasteiger partial charge in [-0.2, -0.15) is 0 Å². The van der Waals surface area contributed by atoms with E-state index >= 15 is 0 Å². The first-order valence-corrected chi connectivity index (χ1v) is 12.1. The zero-order valence-corrected chi connectivity index (χ0v) is 20.8. The van der Waals surface area contributed by atoms with E-state index in [0.29, 0.717) is 37.4 Å². The van der Waals surface area contributed by atoms with Gasteiger partial charge in [0.2, 0.25) is 5.95 Å². The predicted molar refractivity (Wildman–Crippen MR) is 136 cm³/mol. The lowest BCUT2D eigenvalue weighted by Crippen LogP contribution is -2.45. The number of imidazole rings is 1. The first-order chi connectivity index (χ1) is 16.4. The minimum absolute atomic E-state index is 0.146. The SMILES string of the molecule is Cc1cc(OCCN2CCN(C)CC2)c2nc(NCCN)n(Cc3cc(C)c(F)c(C)c3)c2c1. The lowest BCUT2D eigenvalue weighted by molar-refractivity contribution is 0.134. The van der Waals surface area contributed by atoms with E-state index in [1.807, 2.05) is 26.0 Å². The molecule has 3 aromatic rings. The van der Waals surface area contributed by atoms with Crippen molar-refractivity contribution in [2.24, 2.45) is 5.73 Å². The second-order valence-electron chi connectivity index (χ2n) is 9.40. The van der Waals surface area contributed by atoms with E-state index in [0.717, 1.165) is 66.6 Å². The topological polar surface area (TPSA) is 71.6 Å². The Hall–Kier alpha value is -2.68. The Morgan fingerprint density at radius 3 is 2.44 bits per heavy atom. The Balaban J connectivity index is 1.61. The van der Waals surface area contributed by atoms with Crippen molar-refractivity contribution in [2.75, 3.05) is 64.8 Å². The fraction of sp³-hybridized carbons (Fsp3) is 0.500. The molecule has 0 aliphatic carbocycles. The molecule has 2 heterocycles. The van der Waals surface area contributed by atoms with Gasteiger partial charge in [-0.25, -0.2) is 9.37 Å². The molecule has 1 fully saturated rings. The van der Waals surface area contributed by atoms with Gasteiger partial charge in [-0.3, -0.25) is 4.90 Å². The summed E-state index contributed by atoms with van der Waals surface area (Å²) in [5, 5.41) is 3.36. The van der Waals surface area contributed by atoms with Crippen molar-refractivity contribution in [3.8, 4) is 5.75 Å². The molecule has 34 heavy (non-hydrogen) atoms. The molecule has 1 aliphatic rings. The minimum Gasteiger partial charge on any atom is -0.490 e. The number of ether oxygens (including phenoxy) is 1. The van der Waals surface area contributed by atoms with E-state index in [-0.39, 0.29) is 5.82 Å². The lowest BCUT2D eigenvalue weighted by Gasteiger charge is -2.32. The van der Waals surface area contributed by atoms with Gasteiger partial charge in [-0.1, -0.05) is 12.1 Å². The number of nitrogens with one attached hydrogen (secondary N) is 1. The van der Waals surface area contributed by atoms with Crippen LogP contribution in [-0.4, -0.2) is 78.8 Å². The van der Waals surface area contributed by atoms with E-state index in [1.54, 1.807) is 0 Å². The Morgan fingerprint density at radius 2 is 1.76 bits per heavy atom. The van der Waals surface area contributed by atoms with Crippen molar-refractivity contribution in [1.29, 1.82) is 0 Å². The third kappa shape index (κ3) is 5.51. The summed E-state index contributed by atoms with van der Waals surface area (Å²) in [7, 11) is 2.17. The van der Waals surface area contributed by atoms with Gasteiger partial charge in [0.15, 0.2) is 0 Å². The average Bonchev–Trinajstić information content (AvgIpc) is 3.14. The second kappa shape index (κ2) is 10.7. The second-order valence-corrected chi connectivity index (χ2v) is 9.40. The van der Waals surface area contributed by atoms with Crippen molar-refractivity contribution in [3.63, 3.8) is 0 Å². The number of anilines is 1. The van der Waals surface area contributed by atoms with Crippen molar-refractivity contribution < 1.29 is 9.13 Å². The molecule has 0 bridgehead atoms. The summed E-state index contributed by atoms with van der Waals surface area (Å²) >= 11 is 0. The zero-order chi connectivity index (χ0) is 24.2. The Labute approximate surface area is 201 Å². The molecular formula is C26H37FN6O. The maximum atomic E-state index is 14.2. The molecule has 0 amide bonds. The number of hydrogen-bond donors (Lipinski definition) is 2. The van der Waals surface area contributed by atoms with Gasteiger partial charge >= 0.3 is 0 Å². The molecule has 2 aromatic carbocycles. The highest BCUT2D eigenvalue weighted by atomic mass is 19.1. The normalized spacial score (nSPS) is 15.2. The van der Waals surface area contributed by atoms with Crippen LogP contribution in [0.2, 0.25) is 0 Å². The Morgan fingerprint density at radius 1 is 1.06 bits per heavy atom. The summed E-state index contributed by atoms with van der Waals surface area (Å²) in [6.45, 7) is 13.2. The van der Waals surface area contributed by atoms with Crippen LogP contribution < -0.4 is 15.8 Å². The molecule has 8 heteroatoms. The Kier molecular flexibility index (Phi) is 7.70. The van der Waals surface area contributed by atoms with Crippen molar-refractivity contribution in [2.45, 2.75) is 27.3 Å². The van der Waals surface area contributed by atoms with Crippen molar-refractivity contribution in [1.82, 2.24) is 19.4 Å². The predicted octanol–water partition coefficient (Wildman–Crippen LogP) is 3.15. The van der Waals surface area contributed by atoms with Crippen LogP contribution in [0, 0.1) is 26.6 Å². The highest BCUT2D eigenvalue weighted by molar-refractivity contribution is 5.85. The number of fused-ring (bicyclic) bond motifs is 1. The third-order valence-corrected chi connectivity index (χ3v) is 6.49. The smallest absolute Gasteiger partial charge is 0.204 e. The van der Waals surface area contributed by atoms with Gasteiger partial charge in [-0.05, 0) is 62.2 Å². The largest absolute Gasteiger partial charge is 0.490 e. The van der Waals surface area contributed by atoms with Crippen molar-refractivity contribution in [3.05, 3.63) is 52.3 Å². The molecular weight excluding hydrogens is 431 g/mol. The number of rotatable bonds is 9. The van der Waals surface area contributed by atoms with Crippen LogP contribution in [0.25, 0.3) is 11.0 Å². The average molecular weight is 469 g/mol. The van der Waals surface area contributed by atoms with Gasteiger partial charge < -0.3 is 25.3 Å². The third-order valence-electron chi connectivity index (χ3n) is 6.49. The van der Waals surface area contributed by atoms with Crippen LogP contribution in [0.5, 0.6) is 5.75 Å². The maximum Gasteiger partial charge on any atom is 0.204 e. The lowest BCUT2D eigenvalue weighted by atomic mass is 10.1. The van der Waals surface area contributed by atoms with Gasteiger partial charge in [0.1, 0.15) is 23.7 Å². The number of likely N-dealkylation sites (N-methyl/N-ethyl adjacent to an activating group) is 1. The van der Waals surface area contributed by atoms with E-state index in [2.05, 4.69) is 45.8 Å². The molecule has 4 rings (SSSR count). The van der Waals surface area contributed by atoms with Crippen LogP contribution in [0.3, 0.4) is 0 Å². The van der Waals surface area contributed by atoms with Crippen LogP contribution >= 0.6 is 0 Å². The zero-order valence-electron chi connectivity index (χ0n) is 20.8. The molecule has 0 unspecified atom stereocenters. The van der Waals surface area contributed by atoms with Gasteiger partial charge in [0, 0.05) is 45.8 Å². The van der Waals surface area contributed by atoms with E-state index in [1.165, 1.54) is 0 Å². The fourth-order valence-corrected chi connectivity index (χ4v) is 4.58. The first-order valence-electron chi connectivity index (χ1n) is 12.1. The molecule has 3 N–H and O–H groups in total. The van der Waals surface area contributed by atoms with Gasteiger partial charge in [0.25, 0.3) is 0 Å². The highest BCUT2D eigenvalue weighted by Crippen LogP contribution is 2.31. The van der Waals surface area contributed by atoms with Crippen LogP contribution in [0.15, 0.2) is 24.3 Å². The number of hydrogen-bond acceptors (Lipinski definition) is 6. The number of piperazine rings is 1. The summed E-state index contributed by atoms with van der Waals surface area (Å²) in [4.78, 5) is 9.70. The van der Waals surface area contributed by atoms with E-state index < -0.39 is 0 Å². The molecule has 0 spiro atoms. The molecule has 1 saturated heterocycles. The summed E-state index contributed by atoms with van der Waals surface area (Å²) in [5.74, 6) is 1.40. The number of benzene rings is 2. The molecule has 0 saturated carbocycles. The number of aromatic nitrogens is 2. The van der Waals surface area contributed by atoms with Crippen LogP contribution in [0.4, 0.5) is 10.3 Å². The van der Waals surface area contributed by atoms with Crippen LogP contribution in [0.1, 0.15) is 22.3 Å². The summed E-state index contributed by atoms with van der Waals surface area (Å²) < 4.78 is 22.6. The van der Waals surface area contributed by atoms with Gasteiger partial charge in [0.05, 0.1) is 12.1 Å². The van der Waals surface area contributed by atoms with E-state index in [9.17, 15) is 4.39 Å². The highest BCUT2D eigenvalue weighted by Gasteiger charge is 2.18. The summed E-state index contributed by atoms with van der Waals surface area (Å²) in [5.41, 5.74) is 11.0. The van der Waals surface area contributed by atoms with Crippen molar-refractivity contribution >= 4 is 17.0 Å². The monoisotopic (exact) mass is 468 g/mol. The summed E-state index contributed by atoms with van der Waals surface area (Å²) in [6.07, 6.45) is 0. The minimum atomic E-state index is -0.146. The number of nitrogens with zero attached hydrogens (tertiary/aromatic N) is 4. The number of aryl methyl sites for hydroxylation is 3. The maximum absolute atomic E-state index is 14.2. The van der Waals surface area contributed by atoms with E-state index in [4.69, 9.17) is 15.5 Å². The quantitative estimate of drug-likeness (QED) is 0.503. The van der Waals surface area contributed by atoms with Crippen LogP contribution in [-0.2, 0) is 6.54 Å². The number of nitrogens with two attached hydrogens (primary N) is 1. The molecule has 0 atom stereocenters. The standard InChI is InChI=1S/C26H37FN6O/c1-18-13-22-25(23(14-18)34-12-11-32-9-7-31(4)8-10-32)30-26(29-6-5-28)33(22)17-21-15-19(2)24(27)20(3)16-21/h13-16H,5-12,17,28H2,1-4H3,(H,29,30). The fourth-order valence-electron chi connectivity index (χ4n) is 4.58. The molecule has 7 nitrogen and oxygen atoms in total. The Bertz CT molecular complexity index is 1110. The molecule has 1 aromatic heterocycles. The molecule has 1 aliphatic heterocycles. The molecule has 0 radical (unpaired) electrons. The summed E-state index contributed by atoms with van der Waals surface area (Å²) in [6, 6.07) is 8.00. The molecule has 184 valence electrons. The van der Waals surface area contributed by atoms with Gasteiger partial charge in [-0.15, -0.1) is 0 Å². The first kappa shape index (κ1) is 24.4.